The van der Waals surface area contributed by atoms with Gasteiger partial charge in [-0.2, -0.15) is 0 Å². The van der Waals surface area contributed by atoms with E-state index in [-0.39, 0.29) is 11.7 Å². The van der Waals surface area contributed by atoms with Crippen LogP contribution in [-0.2, 0) is 17.8 Å². The van der Waals surface area contributed by atoms with E-state index in [1.54, 1.807) is 24.5 Å². The van der Waals surface area contributed by atoms with Gasteiger partial charge in [0.15, 0.2) is 0 Å². The molecule has 0 saturated carbocycles. The Kier molecular flexibility index (Phi) is 4.61. The Morgan fingerprint density at radius 1 is 1.05 bits per heavy atom. The van der Waals surface area contributed by atoms with Gasteiger partial charge in [-0.1, -0.05) is 12.1 Å². The van der Waals surface area contributed by atoms with Gasteiger partial charge in [-0.15, -0.1) is 0 Å². The van der Waals surface area contributed by atoms with E-state index in [0.29, 0.717) is 19.4 Å². The molecule has 0 radical (unpaired) electrons. The Labute approximate surface area is 111 Å². The second kappa shape index (κ2) is 6.64. The van der Waals surface area contributed by atoms with E-state index in [1.165, 1.54) is 12.1 Å². The smallest absolute Gasteiger partial charge is 0.220 e. The van der Waals surface area contributed by atoms with Gasteiger partial charge < -0.3 is 5.32 Å². The van der Waals surface area contributed by atoms with E-state index in [0.717, 1.165) is 11.1 Å². The number of pyridine rings is 1. The van der Waals surface area contributed by atoms with Crippen LogP contribution in [0.2, 0.25) is 0 Å². The number of benzene rings is 1. The summed E-state index contributed by atoms with van der Waals surface area (Å²) in [5.74, 6) is -0.271. The van der Waals surface area contributed by atoms with Crippen LogP contribution in [0.15, 0.2) is 48.8 Å². The lowest BCUT2D eigenvalue weighted by Crippen LogP contribution is -2.22. The summed E-state index contributed by atoms with van der Waals surface area (Å²) in [6.45, 7) is 0.505. The quantitative estimate of drug-likeness (QED) is 0.895. The van der Waals surface area contributed by atoms with Crippen molar-refractivity contribution in [3.05, 3.63) is 65.7 Å². The van der Waals surface area contributed by atoms with E-state index in [2.05, 4.69) is 10.3 Å². The lowest BCUT2D eigenvalue weighted by molar-refractivity contribution is -0.121. The van der Waals surface area contributed by atoms with Crippen LogP contribution in [0.25, 0.3) is 0 Å². The van der Waals surface area contributed by atoms with Crippen LogP contribution >= 0.6 is 0 Å². The minimum atomic E-state index is -0.258. The normalized spacial score (nSPS) is 10.2. The van der Waals surface area contributed by atoms with Crippen molar-refractivity contribution in [2.24, 2.45) is 0 Å². The largest absolute Gasteiger partial charge is 0.352 e. The maximum absolute atomic E-state index is 12.7. The maximum Gasteiger partial charge on any atom is 0.220 e. The molecule has 1 N–H and O–H groups in total. The molecule has 1 aromatic carbocycles. The minimum absolute atomic E-state index is 0.0128. The molecule has 1 amide bonds. The third kappa shape index (κ3) is 4.50. The molecule has 98 valence electrons. The fourth-order valence-corrected chi connectivity index (χ4v) is 1.70. The van der Waals surface area contributed by atoms with Crippen molar-refractivity contribution in [1.82, 2.24) is 10.3 Å². The van der Waals surface area contributed by atoms with E-state index < -0.39 is 0 Å². The highest BCUT2D eigenvalue weighted by Crippen LogP contribution is 2.05. The Hall–Kier alpha value is -2.23. The van der Waals surface area contributed by atoms with E-state index in [1.807, 2.05) is 12.1 Å². The molecule has 1 aromatic heterocycles. The number of halogens is 1. The molecule has 2 aromatic rings. The van der Waals surface area contributed by atoms with Gasteiger partial charge in [0, 0.05) is 25.4 Å². The summed E-state index contributed by atoms with van der Waals surface area (Å²) in [4.78, 5) is 15.6. The molecule has 0 aliphatic rings. The number of nitrogens with one attached hydrogen (secondary N) is 1. The number of aryl methyl sites for hydroxylation is 1. The number of rotatable bonds is 5. The van der Waals surface area contributed by atoms with Crippen molar-refractivity contribution < 1.29 is 9.18 Å². The molecule has 1 heterocycles. The maximum atomic E-state index is 12.7. The number of amides is 1. The summed E-state index contributed by atoms with van der Waals surface area (Å²) in [5, 5.41) is 2.84. The lowest BCUT2D eigenvalue weighted by Gasteiger charge is -2.05. The monoisotopic (exact) mass is 258 g/mol. The molecule has 0 aliphatic carbocycles. The van der Waals surface area contributed by atoms with E-state index in [9.17, 15) is 9.18 Å². The molecule has 2 rings (SSSR count). The molecule has 0 bridgehead atoms. The number of hydrogen-bond donors (Lipinski definition) is 1. The van der Waals surface area contributed by atoms with Gasteiger partial charge >= 0.3 is 0 Å². The predicted molar refractivity (Wildman–Crippen MR) is 70.8 cm³/mol. The van der Waals surface area contributed by atoms with Gasteiger partial charge in [0.2, 0.25) is 5.91 Å². The van der Waals surface area contributed by atoms with E-state index >= 15 is 0 Å². The standard InChI is InChI=1S/C15H15FN2O/c16-14-4-1-12(2-5-14)3-6-15(19)18-11-13-7-9-17-10-8-13/h1-2,4-5,7-10H,3,6,11H2,(H,18,19). The van der Waals surface area contributed by atoms with Crippen molar-refractivity contribution >= 4 is 5.91 Å². The molecule has 0 unspecified atom stereocenters. The molecule has 4 heteroatoms. The fraction of sp³-hybridized carbons (Fsp3) is 0.200. The average molecular weight is 258 g/mol. The highest BCUT2D eigenvalue weighted by atomic mass is 19.1. The van der Waals surface area contributed by atoms with Crippen LogP contribution in [0.3, 0.4) is 0 Å². The first-order chi connectivity index (χ1) is 9.24. The number of carbonyl (C=O) groups is 1. The van der Waals surface area contributed by atoms with Gasteiger partial charge in [-0.05, 0) is 41.8 Å². The summed E-state index contributed by atoms with van der Waals surface area (Å²) in [6, 6.07) is 9.94. The van der Waals surface area contributed by atoms with Crippen molar-refractivity contribution in [1.29, 1.82) is 0 Å². The van der Waals surface area contributed by atoms with Crippen LogP contribution in [0.1, 0.15) is 17.5 Å². The minimum Gasteiger partial charge on any atom is -0.352 e. The topological polar surface area (TPSA) is 42.0 Å². The van der Waals surface area contributed by atoms with Crippen LogP contribution < -0.4 is 5.32 Å². The van der Waals surface area contributed by atoms with Crippen LogP contribution in [-0.4, -0.2) is 10.9 Å². The molecular weight excluding hydrogens is 243 g/mol. The zero-order valence-corrected chi connectivity index (χ0v) is 10.5. The average Bonchev–Trinajstić information content (AvgIpc) is 2.45. The number of carbonyl (C=O) groups excluding carboxylic acids is 1. The zero-order chi connectivity index (χ0) is 13.5. The Balaban J connectivity index is 1.74. The summed E-state index contributed by atoms with van der Waals surface area (Å²) in [6.07, 6.45) is 4.40. The molecule has 0 fully saturated rings. The second-order valence-electron chi connectivity index (χ2n) is 4.26. The first-order valence-corrected chi connectivity index (χ1v) is 6.14. The van der Waals surface area contributed by atoms with Crippen molar-refractivity contribution in [2.75, 3.05) is 0 Å². The Morgan fingerprint density at radius 3 is 2.42 bits per heavy atom. The number of hydrogen-bond acceptors (Lipinski definition) is 2. The van der Waals surface area contributed by atoms with Gasteiger partial charge in [-0.25, -0.2) is 4.39 Å². The van der Waals surface area contributed by atoms with Gasteiger partial charge in [0.25, 0.3) is 0 Å². The van der Waals surface area contributed by atoms with Gasteiger partial charge in [0.05, 0.1) is 0 Å². The highest BCUT2D eigenvalue weighted by molar-refractivity contribution is 5.76. The molecule has 3 nitrogen and oxygen atoms in total. The summed E-state index contributed by atoms with van der Waals surface area (Å²) < 4.78 is 12.7. The first kappa shape index (κ1) is 13.2. The molecule has 0 spiro atoms. The molecule has 0 saturated heterocycles. The van der Waals surface area contributed by atoms with Crippen molar-refractivity contribution in [3.63, 3.8) is 0 Å². The van der Waals surface area contributed by atoms with Crippen LogP contribution in [0, 0.1) is 5.82 Å². The number of nitrogens with zero attached hydrogens (tertiary/aromatic N) is 1. The van der Waals surface area contributed by atoms with Gasteiger partial charge in [0.1, 0.15) is 5.82 Å². The lowest BCUT2D eigenvalue weighted by atomic mass is 10.1. The SMILES string of the molecule is O=C(CCc1ccc(F)cc1)NCc1ccncc1. The predicted octanol–water partition coefficient (Wildman–Crippen LogP) is 2.47. The molecule has 19 heavy (non-hydrogen) atoms. The molecular formula is C15H15FN2O. The van der Waals surface area contributed by atoms with Crippen LogP contribution in [0.4, 0.5) is 4.39 Å². The molecule has 0 atom stereocenters. The summed E-state index contributed by atoms with van der Waals surface area (Å²) in [7, 11) is 0. The van der Waals surface area contributed by atoms with Crippen molar-refractivity contribution in [2.45, 2.75) is 19.4 Å². The first-order valence-electron chi connectivity index (χ1n) is 6.14. The summed E-state index contributed by atoms with van der Waals surface area (Å²) in [5.41, 5.74) is 1.98. The highest BCUT2D eigenvalue weighted by Gasteiger charge is 2.02. The van der Waals surface area contributed by atoms with Crippen molar-refractivity contribution in [3.8, 4) is 0 Å². The fourth-order valence-electron chi connectivity index (χ4n) is 1.70. The summed E-state index contributed by atoms with van der Waals surface area (Å²) >= 11 is 0. The Bertz CT molecular complexity index is 526. The zero-order valence-electron chi connectivity index (χ0n) is 10.5. The van der Waals surface area contributed by atoms with Gasteiger partial charge in [-0.3, -0.25) is 9.78 Å². The second-order valence-corrected chi connectivity index (χ2v) is 4.26. The molecule has 0 aliphatic heterocycles. The Morgan fingerprint density at radius 2 is 1.74 bits per heavy atom. The number of aromatic nitrogens is 1. The third-order valence-electron chi connectivity index (χ3n) is 2.79. The van der Waals surface area contributed by atoms with E-state index in [4.69, 9.17) is 0 Å². The van der Waals surface area contributed by atoms with Crippen LogP contribution in [0.5, 0.6) is 0 Å². The third-order valence-corrected chi connectivity index (χ3v) is 2.79.